The summed E-state index contributed by atoms with van der Waals surface area (Å²) in [4.78, 5) is 7.86. The number of aromatic nitrogens is 2. The molecule has 1 N–H and O–H groups in total. The van der Waals surface area contributed by atoms with Crippen LogP contribution in [0.4, 0.5) is 0 Å². The lowest BCUT2D eigenvalue weighted by molar-refractivity contribution is 0.190. The standard InChI is InChI=1S/C13H16N4OS.ClH/c1-17-7-6-14-9-11(17)13-15-12(18-16-13)5-4-10-3-2-8-19-10;/h2-5,8,11,14H,6-7,9H2,1H3;1H/b5-4+;. The van der Waals surface area contributed by atoms with Crippen LogP contribution in [0, 0.1) is 0 Å². The first-order valence-electron chi connectivity index (χ1n) is 6.29. The summed E-state index contributed by atoms with van der Waals surface area (Å²) in [5.41, 5.74) is 0. The van der Waals surface area contributed by atoms with Crippen LogP contribution in [0.2, 0.25) is 0 Å². The fraction of sp³-hybridized carbons (Fsp3) is 0.385. The van der Waals surface area contributed by atoms with Crippen molar-refractivity contribution in [3.63, 3.8) is 0 Å². The van der Waals surface area contributed by atoms with Crippen molar-refractivity contribution < 1.29 is 4.52 Å². The average molecular weight is 313 g/mol. The number of rotatable bonds is 3. The van der Waals surface area contributed by atoms with Crippen molar-refractivity contribution in [2.45, 2.75) is 6.04 Å². The van der Waals surface area contributed by atoms with E-state index >= 15 is 0 Å². The van der Waals surface area contributed by atoms with Gasteiger partial charge in [-0.15, -0.1) is 23.7 Å². The molecule has 1 aliphatic heterocycles. The molecule has 0 saturated carbocycles. The molecule has 0 radical (unpaired) electrons. The Morgan fingerprint density at radius 2 is 2.40 bits per heavy atom. The normalized spacial score (nSPS) is 20.1. The van der Waals surface area contributed by atoms with Crippen LogP contribution in [0.1, 0.15) is 22.6 Å². The lowest BCUT2D eigenvalue weighted by Gasteiger charge is -2.30. The van der Waals surface area contributed by atoms with Gasteiger partial charge in [-0.3, -0.25) is 4.90 Å². The van der Waals surface area contributed by atoms with Crippen molar-refractivity contribution in [3.05, 3.63) is 34.1 Å². The highest BCUT2D eigenvalue weighted by Crippen LogP contribution is 2.18. The van der Waals surface area contributed by atoms with E-state index in [1.807, 2.05) is 23.6 Å². The second-order valence-electron chi connectivity index (χ2n) is 4.54. The average Bonchev–Trinajstić information content (AvgIpc) is 3.08. The summed E-state index contributed by atoms with van der Waals surface area (Å²) in [6.07, 6.45) is 3.85. The van der Waals surface area contributed by atoms with Gasteiger partial charge in [0.2, 0.25) is 0 Å². The quantitative estimate of drug-likeness (QED) is 0.942. The number of likely N-dealkylation sites (N-methyl/N-ethyl adjacent to an activating group) is 1. The van der Waals surface area contributed by atoms with Crippen LogP contribution in [0.15, 0.2) is 22.0 Å². The van der Waals surface area contributed by atoms with Crippen LogP contribution in [-0.4, -0.2) is 41.7 Å². The number of halogens is 1. The zero-order valence-corrected chi connectivity index (χ0v) is 12.8. The molecular weight excluding hydrogens is 296 g/mol. The first-order chi connectivity index (χ1) is 9.33. The van der Waals surface area contributed by atoms with Gasteiger partial charge in [-0.05, 0) is 24.6 Å². The zero-order chi connectivity index (χ0) is 13.1. The van der Waals surface area contributed by atoms with Crippen molar-refractivity contribution in [3.8, 4) is 0 Å². The summed E-state index contributed by atoms with van der Waals surface area (Å²) in [7, 11) is 2.09. The third-order valence-corrected chi connectivity index (χ3v) is 4.04. The van der Waals surface area contributed by atoms with E-state index in [4.69, 9.17) is 4.52 Å². The molecule has 0 spiro atoms. The lowest BCUT2D eigenvalue weighted by atomic mass is 10.2. The molecule has 0 aromatic carbocycles. The SMILES string of the molecule is CN1CCNCC1c1noc(/C=C/c2cccs2)n1.Cl. The van der Waals surface area contributed by atoms with Gasteiger partial charge in [0.05, 0.1) is 6.04 Å². The Balaban J connectivity index is 0.00000147. The minimum atomic E-state index is 0. The maximum Gasteiger partial charge on any atom is 0.250 e. The molecule has 1 fully saturated rings. The Morgan fingerprint density at radius 1 is 1.50 bits per heavy atom. The van der Waals surface area contributed by atoms with Gasteiger partial charge in [-0.2, -0.15) is 4.98 Å². The minimum absolute atomic E-state index is 0. The molecular formula is C13H17ClN4OS. The predicted molar refractivity (Wildman–Crippen MR) is 83.0 cm³/mol. The highest BCUT2D eigenvalue weighted by atomic mass is 35.5. The monoisotopic (exact) mass is 312 g/mol. The first-order valence-corrected chi connectivity index (χ1v) is 7.17. The van der Waals surface area contributed by atoms with Gasteiger partial charge in [0.15, 0.2) is 5.82 Å². The van der Waals surface area contributed by atoms with Crippen molar-refractivity contribution in [2.24, 2.45) is 0 Å². The van der Waals surface area contributed by atoms with Gasteiger partial charge < -0.3 is 9.84 Å². The summed E-state index contributed by atoms with van der Waals surface area (Å²) < 4.78 is 5.27. The molecule has 0 bridgehead atoms. The maximum absolute atomic E-state index is 5.27. The largest absolute Gasteiger partial charge is 0.335 e. The van der Waals surface area contributed by atoms with Crippen molar-refractivity contribution in [1.29, 1.82) is 0 Å². The second-order valence-corrected chi connectivity index (χ2v) is 5.52. The lowest BCUT2D eigenvalue weighted by Crippen LogP contribution is -2.44. The number of thiophene rings is 1. The van der Waals surface area contributed by atoms with Crippen LogP contribution in [-0.2, 0) is 0 Å². The molecule has 20 heavy (non-hydrogen) atoms. The number of nitrogens with one attached hydrogen (secondary N) is 1. The van der Waals surface area contributed by atoms with E-state index in [2.05, 4.69) is 33.5 Å². The highest BCUT2D eigenvalue weighted by molar-refractivity contribution is 7.10. The Bertz CT molecular complexity index is 554. The van der Waals surface area contributed by atoms with E-state index in [0.29, 0.717) is 5.89 Å². The topological polar surface area (TPSA) is 54.2 Å². The van der Waals surface area contributed by atoms with Crippen LogP contribution >= 0.6 is 23.7 Å². The Morgan fingerprint density at radius 3 is 3.15 bits per heavy atom. The first kappa shape index (κ1) is 15.2. The molecule has 2 aromatic heterocycles. The molecule has 1 saturated heterocycles. The molecule has 0 aliphatic carbocycles. The van der Waals surface area contributed by atoms with E-state index in [0.717, 1.165) is 25.5 Å². The van der Waals surface area contributed by atoms with Gasteiger partial charge in [0, 0.05) is 30.6 Å². The van der Waals surface area contributed by atoms with Gasteiger partial charge in [0.25, 0.3) is 5.89 Å². The molecule has 5 nitrogen and oxygen atoms in total. The minimum Gasteiger partial charge on any atom is -0.335 e. The number of piperazine rings is 1. The Labute approximate surface area is 128 Å². The number of nitrogens with zero attached hydrogens (tertiary/aromatic N) is 3. The fourth-order valence-electron chi connectivity index (χ4n) is 2.08. The molecule has 108 valence electrons. The zero-order valence-electron chi connectivity index (χ0n) is 11.2. The third-order valence-electron chi connectivity index (χ3n) is 3.20. The fourth-order valence-corrected chi connectivity index (χ4v) is 2.70. The summed E-state index contributed by atoms with van der Waals surface area (Å²) >= 11 is 1.68. The summed E-state index contributed by atoms with van der Waals surface area (Å²) in [6, 6.07) is 4.27. The van der Waals surface area contributed by atoms with Crippen molar-refractivity contribution >= 4 is 35.9 Å². The molecule has 0 amide bonds. The molecule has 1 atom stereocenters. The second kappa shape index (κ2) is 6.99. The number of hydrogen-bond donors (Lipinski definition) is 1. The molecule has 3 rings (SSSR count). The molecule has 1 unspecified atom stereocenters. The van der Waals surface area contributed by atoms with E-state index in [-0.39, 0.29) is 18.4 Å². The maximum atomic E-state index is 5.27. The molecule has 2 aromatic rings. The van der Waals surface area contributed by atoms with E-state index in [1.54, 1.807) is 11.3 Å². The molecule has 1 aliphatic rings. The van der Waals surface area contributed by atoms with Crippen LogP contribution in [0.3, 0.4) is 0 Å². The summed E-state index contributed by atoms with van der Waals surface area (Å²) in [5, 5.41) is 9.47. The summed E-state index contributed by atoms with van der Waals surface area (Å²) in [5.74, 6) is 1.31. The van der Waals surface area contributed by atoms with Gasteiger partial charge in [-0.25, -0.2) is 0 Å². The Hall–Kier alpha value is -1.21. The smallest absolute Gasteiger partial charge is 0.250 e. The van der Waals surface area contributed by atoms with E-state index in [1.165, 1.54) is 4.88 Å². The predicted octanol–water partition coefficient (Wildman–Crippen LogP) is 2.30. The van der Waals surface area contributed by atoms with Crippen molar-refractivity contribution in [1.82, 2.24) is 20.4 Å². The van der Waals surface area contributed by atoms with Gasteiger partial charge in [-0.1, -0.05) is 11.2 Å². The Kier molecular flexibility index (Phi) is 5.31. The summed E-state index contributed by atoms with van der Waals surface area (Å²) in [6.45, 7) is 2.87. The van der Waals surface area contributed by atoms with Crippen LogP contribution < -0.4 is 5.32 Å². The van der Waals surface area contributed by atoms with E-state index < -0.39 is 0 Å². The highest BCUT2D eigenvalue weighted by Gasteiger charge is 2.24. The van der Waals surface area contributed by atoms with Gasteiger partial charge in [0.1, 0.15) is 0 Å². The van der Waals surface area contributed by atoms with Crippen molar-refractivity contribution in [2.75, 3.05) is 26.7 Å². The van der Waals surface area contributed by atoms with Gasteiger partial charge >= 0.3 is 0 Å². The third kappa shape index (κ3) is 3.46. The molecule has 3 heterocycles. The van der Waals surface area contributed by atoms with E-state index in [9.17, 15) is 0 Å². The van der Waals surface area contributed by atoms with Crippen LogP contribution in [0.25, 0.3) is 12.2 Å². The number of hydrogen-bond acceptors (Lipinski definition) is 6. The molecule has 7 heteroatoms. The van der Waals surface area contributed by atoms with Crippen LogP contribution in [0.5, 0.6) is 0 Å².